The van der Waals surface area contributed by atoms with Gasteiger partial charge in [0.25, 0.3) is 0 Å². The van der Waals surface area contributed by atoms with Crippen LogP contribution in [0.15, 0.2) is 33.9 Å². The fourth-order valence-corrected chi connectivity index (χ4v) is 1.69. The first-order valence-corrected chi connectivity index (χ1v) is 6.53. The number of amides is 1. The number of azide groups is 1. The molecule has 0 aromatic heterocycles. The summed E-state index contributed by atoms with van der Waals surface area (Å²) >= 11 is 3.35. The van der Waals surface area contributed by atoms with E-state index in [-0.39, 0.29) is 5.91 Å². The molecule has 0 fully saturated rings. The Morgan fingerprint density at radius 3 is 2.72 bits per heavy atom. The van der Waals surface area contributed by atoms with E-state index in [4.69, 9.17) is 5.53 Å². The Labute approximate surface area is 114 Å². The molecule has 18 heavy (non-hydrogen) atoms. The third-order valence-electron chi connectivity index (χ3n) is 2.35. The number of hydrogen-bond acceptors (Lipinski definition) is 2. The molecule has 0 aliphatic heterocycles. The maximum Gasteiger partial charge on any atom is 0.224 e. The lowest BCUT2D eigenvalue weighted by Crippen LogP contribution is -2.26. The monoisotopic (exact) mass is 310 g/mol. The Balaban J connectivity index is 2.17. The van der Waals surface area contributed by atoms with Gasteiger partial charge >= 0.3 is 0 Å². The van der Waals surface area contributed by atoms with Crippen LogP contribution in [-0.2, 0) is 11.2 Å². The molecule has 0 aliphatic carbocycles. The Morgan fingerprint density at radius 2 is 2.06 bits per heavy atom. The van der Waals surface area contributed by atoms with Crippen molar-refractivity contribution in [3.8, 4) is 0 Å². The summed E-state index contributed by atoms with van der Waals surface area (Å²) in [6.07, 6.45) is 2.01. The number of hydrogen-bond donors (Lipinski definition) is 1. The Morgan fingerprint density at radius 1 is 1.33 bits per heavy atom. The number of benzene rings is 1. The van der Waals surface area contributed by atoms with Crippen LogP contribution >= 0.6 is 15.9 Å². The highest BCUT2D eigenvalue weighted by molar-refractivity contribution is 9.10. The minimum Gasteiger partial charge on any atom is -0.356 e. The van der Waals surface area contributed by atoms with Crippen LogP contribution in [-0.4, -0.2) is 19.0 Å². The summed E-state index contributed by atoms with van der Waals surface area (Å²) in [5, 5.41) is 6.27. The number of carbonyl (C=O) groups is 1. The first-order chi connectivity index (χ1) is 8.72. The molecule has 0 saturated carbocycles. The van der Waals surface area contributed by atoms with Crippen molar-refractivity contribution in [2.24, 2.45) is 5.11 Å². The second-order valence-electron chi connectivity index (χ2n) is 3.81. The number of halogens is 1. The van der Waals surface area contributed by atoms with Gasteiger partial charge in [-0.05, 0) is 36.1 Å². The fraction of sp³-hybridized carbons (Fsp3) is 0.417. The van der Waals surface area contributed by atoms with E-state index in [1.807, 2.05) is 24.3 Å². The van der Waals surface area contributed by atoms with Crippen LogP contribution in [0.4, 0.5) is 0 Å². The first kappa shape index (κ1) is 14.5. The third kappa shape index (κ3) is 6.27. The van der Waals surface area contributed by atoms with E-state index in [2.05, 4.69) is 31.3 Å². The Hall–Kier alpha value is -1.52. The largest absolute Gasteiger partial charge is 0.356 e. The second-order valence-corrected chi connectivity index (χ2v) is 4.73. The molecular weight excluding hydrogens is 296 g/mol. The van der Waals surface area contributed by atoms with Gasteiger partial charge in [-0.2, -0.15) is 0 Å². The van der Waals surface area contributed by atoms with Gasteiger partial charge in [-0.3, -0.25) is 4.79 Å². The summed E-state index contributed by atoms with van der Waals surface area (Å²) < 4.78 is 1.00. The number of nitrogens with zero attached hydrogens (tertiary/aromatic N) is 3. The molecule has 0 atom stereocenters. The van der Waals surface area contributed by atoms with Gasteiger partial charge in [-0.25, -0.2) is 0 Å². The maximum absolute atomic E-state index is 11.6. The van der Waals surface area contributed by atoms with Crippen molar-refractivity contribution in [2.45, 2.75) is 19.3 Å². The molecule has 0 radical (unpaired) electrons. The molecule has 0 saturated heterocycles. The maximum atomic E-state index is 11.6. The zero-order valence-corrected chi connectivity index (χ0v) is 11.6. The lowest BCUT2D eigenvalue weighted by Gasteiger charge is -2.04. The van der Waals surface area contributed by atoms with Crippen LogP contribution in [0.2, 0.25) is 0 Å². The minimum atomic E-state index is 0.0149. The summed E-state index contributed by atoms with van der Waals surface area (Å²) in [6, 6.07) is 7.68. The molecule has 0 heterocycles. The SMILES string of the molecule is [N-]=[N+]=NCCCCNC(=O)Cc1ccc(Br)cc1. The van der Waals surface area contributed by atoms with E-state index in [0.717, 1.165) is 22.9 Å². The van der Waals surface area contributed by atoms with Gasteiger partial charge in [0, 0.05) is 22.5 Å². The zero-order chi connectivity index (χ0) is 13.2. The van der Waals surface area contributed by atoms with Gasteiger partial charge < -0.3 is 5.32 Å². The topological polar surface area (TPSA) is 77.9 Å². The Kier molecular flexibility index (Phi) is 6.91. The number of unbranched alkanes of at least 4 members (excludes halogenated alkanes) is 1. The molecule has 1 aromatic carbocycles. The van der Waals surface area contributed by atoms with Gasteiger partial charge in [0.1, 0.15) is 0 Å². The molecule has 1 N–H and O–H groups in total. The number of nitrogens with one attached hydrogen (secondary N) is 1. The average Bonchev–Trinajstić information content (AvgIpc) is 2.36. The molecule has 0 bridgehead atoms. The fourth-order valence-electron chi connectivity index (χ4n) is 1.43. The third-order valence-corrected chi connectivity index (χ3v) is 2.88. The van der Waals surface area contributed by atoms with Gasteiger partial charge in [0.05, 0.1) is 6.42 Å². The van der Waals surface area contributed by atoms with Gasteiger partial charge in [-0.15, -0.1) is 0 Å². The van der Waals surface area contributed by atoms with Crippen molar-refractivity contribution < 1.29 is 4.79 Å². The molecule has 0 spiro atoms. The van der Waals surface area contributed by atoms with Crippen molar-refractivity contribution in [3.05, 3.63) is 44.7 Å². The van der Waals surface area contributed by atoms with Crippen LogP contribution in [0.5, 0.6) is 0 Å². The summed E-state index contributed by atoms with van der Waals surface area (Å²) in [4.78, 5) is 14.2. The van der Waals surface area contributed by atoms with Crippen molar-refractivity contribution in [2.75, 3.05) is 13.1 Å². The normalized spacial score (nSPS) is 9.61. The van der Waals surface area contributed by atoms with Crippen LogP contribution in [0, 0.1) is 0 Å². The highest BCUT2D eigenvalue weighted by Gasteiger charge is 2.02. The standard InChI is InChI=1S/C12H15BrN4O/c13-11-5-3-10(4-6-11)9-12(18)15-7-1-2-8-16-17-14/h3-6H,1-2,7-9H2,(H,15,18). The highest BCUT2D eigenvalue weighted by Crippen LogP contribution is 2.10. The molecular formula is C12H15BrN4O. The number of carbonyl (C=O) groups excluding carboxylic acids is 1. The second kappa shape index (κ2) is 8.55. The Bertz CT molecular complexity index is 426. The molecule has 6 heteroatoms. The molecule has 1 amide bonds. The summed E-state index contributed by atoms with van der Waals surface area (Å²) in [6.45, 7) is 1.11. The molecule has 5 nitrogen and oxygen atoms in total. The van der Waals surface area contributed by atoms with E-state index in [1.54, 1.807) is 0 Å². The first-order valence-electron chi connectivity index (χ1n) is 5.74. The zero-order valence-electron chi connectivity index (χ0n) is 9.97. The van der Waals surface area contributed by atoms with E-state index < -0.39 is 0 Å². The van der Waals surface area contributed by atoms with E-state index in [1.165, 1.54) is 0 Å². The van der Waals surface area contributed by atoms with E-state index >= 15 is 0 Å². The quantitative estimate of drug-likeness (QED) is 0.357. The molecule has 1 rings (SSSR count). The summed E-state index contributed by atoms with van der Waals surface area (Å²) in [7, 11) is 0. The summed E-state index contributed by atoms with van der Waals surface area (Å²) in [5.74, 6) is 0.0149. The van der Waals surface area contributed by atoms with E-state index in [9.17, 15) is 4.79 Å². The number of rotatable bonds is 7. The van der Waals surface area contributed by atoms with Crippen LogP contribution in [0.1, 0.15) is 18.4 Å². The lowest BCUT2D eigenvalue weighted by molar-refractivity contribution is -0.120. The van der Waals surface area contributed by atoms with Crippen LogP contribution < -0.4 is 5.32 Å². The van der Waals surface area contributed by atoms with Crippen molar-refractivity contribution in [1.29, 1.82) is 0 Å². The molecule has 96 valence electrons. The molecule has 0 unspecified atom stereocenters. The van der Waals surface area contributed by atoms with Crippen LogP contribution in [0.3, 0.4) is 0 Å². The smallest absolute Gasteiger partial charge is 0.224 e. The van der Waals surface area contributed by atoms with Crippen molar-refractivity contribution in [1.82, 2.24) is 5.32 Å². The highest BCUT2D eigenvalue weighted by atomic mass is 79.9. The predicted molar refractivity (Wildman–Crippen MR) is 74.1 cm³/mol. The van der Waals surface area contributed by atoms with Crippen LogP contribution in [0.25, 0.3) is 10.4 Å². The summed E-state index contributed by atoms with van der Waals surface area (Å²) in [5.41, 5.74) is 9.07. The van der Waals surface area contributed by atoms with Gasteiger partial charge in [0.2, 0.25) is 5.91 Å². The predicted octanol–water partition coefficient (Wildman–Crippen LogP) is 3.20. The van der Waals surface area contributed by atoms with Gasteiger partial charge in [-0.1, -0.05) is 33.2 Å². The van der Waals surface area contributed by atoms with E-state index in [0.29, 0.717) is 19.5 Å². The lowest BCUT2D eigenvalue weighted by atomic mass is 10.1. The van der Waals surface area contributed by atoms with Crippen molar-refractivity contribution >= 4 is 21.8 Å². The minimum absolute atomic E-state index is 0.0149. The van der Waals surface area contributed by atoms with Crippen molar-refractivity contribution in [3.63, 3.8) is 0 Å². The molecule has 0 aliphatic rings. The average molecular weight is 311 g/mol. The van der Waals surface area contributed by atoms with Gasteiger partial charge in [0.15, 0.2) is 0 Å². The molecule has 1 aromatic rings.